The number of benzene rings is 3. The number of para-hydroxylation sites is 1. The number of carbonyl (C=O) groups excluding carboxylic acids is 1. The second-order valence-electron chi connectivity index (χ2n) is 7.58. The van der Waals surface area contributed by atoms with E-state index in [4.69, 9.17) is 21.1 Å². The van der Waals surface area contributed by atoms with E-state index < -0.39 is 22.5 Å². The van der Waals surface area contributed by atoms with Crippen LogP contribution in [-0.4, -0.2) is 40.8 Å². The largest absolute Gasteiger partial charge is 0.493 e. The number of hydrazone groups is 1. The number of anilines is 1. The van der Waals surface area contributed by atoms with Gasteiger partial charge in [-0.25, -0.2) is 13.8 Å². The summed E-state index contributed by atoms with van der Waals surface area (Å²) in [7, 11) is -2.58. The molecule has 0 unspecified atom stereocenters. The summed E-state index contributed by atoms with van der Waals surface area (Å²) in [5, 5.41) is 4.14. The van der Waals surface area contributed by atoms with E-state index in [1.54, 1.807) is 54.6 Å². The molecule has 0 saturated carbocycles. The highest BCUT2D eigenvalue weighted by Crippen LogP contribution is 2.30. The van der Waals surface area contributed by atoms with E-state index in [1.807, 2.05) is 6.92 Å². The minimum absolute atomic E-state index is 0.0372. The van der Waals surface area contributed by atoms with Gasteiger partial charge in [0.15, 0.2) is 11.5 Å². The quantitative estimate of drug-likeness (QED) is 0.224. The number of halogens is 1. The molecular weight excluding hydrogens is 502 g/mol. The van der Waals surface area contributed by atoms with E-state index in [9.17, 15) is 13.2 Å². The molecule has 0 spiro atoms. The van der Waals surface area contributed by atoms with Gasteiger partial charge in [-0.1, -0.05) is 54.1 Å². The van der Waals surface area contributed by atoms with Crippen LogP contribution in [-0.2, 0) is 14.8 Å². The molecular formula is C26H26ClN3O5S. The fourth-order valence-electron chi connectivity index (χ4n) is 3.17. The number of nitrogens with zero attached hydrogens (tertiary/aromatic N) is 2. The van der Waals surface area contributed by atoms with E-state index in [1.165, 1.54) is 31.5 Å². The highest BCUT2D eigenvalue weighted by molar-refractivity contribution is 7.92. The Kier molecular flexibility index (Phi) is 9.10. The number of hydrogen-bond acceptors (Lipinski definition) is 6. The summed E-state index contributed by atoms with van der Waals surface area (Å²) in [6.45, 7) is 5.26. The first-order valence-corrected chi connectivity index (χ1v) is 12.7. The zero-order valence-electron chi connectivity index (χ0n) is 19.8. The zero-order valence-corrected chi connectivity index (χ0v) is 21.4. The highest BCUT2D eigenvalue weighted by Gasteiger charge is 2.28. The molecule has 0 fully saturated rings. The van der Waals surface area contributed by atoms with Gasteiger partial charge in [0.1, 0.15) is 13.2 Å². The lowest BCUT2D eigenvalue weighted by atomic mass is 10.2. The molecule has 3 rings (SSSR count). The maximum Gasteiger partial charge on any atom is 0.264 e. The molecule has 0 atom stereocenters. The molecule has 1 amide bonds. The molecule has 0 radical (unpaired) electrons. The number of hydrogen-bond donors (Lipinski definition) is 1. The van der Waals surface area contributed by atoms with Gasteiger partial charge in [0, 0.05) is 0 Å². The SMILES string of the molecule is C=CCOc1ccc(/C=N\NC(=O)CN(c2ccccc2Cl)S(=O)(=O)c2ccc(C)cc2)cc1OC. The number of methoxy groups -OCH3 is 1. The van der Waals surface area contributed by atoms with Gasteiger partial charge in [-0.15, -0.1) is 0 Å². The Morgan fingerprint density at radius 3 is 2.50 bits per heavy atom. The molecule has 188 valence electrons. The molecule has 3 aromatic rings. The van der Waals surface area contributed by atoms with Crippen molar-refractivity contribution in [3.8, 4) is 11.5 Å². The molecule has 0 aromatic heterocycles. The lowest BCUT2D eigenvalue weighted by Crippen LogP contribution is -2.39. The van der Waals surface area contributed by atoms with Crippen LogP contribution in [0.25, 0.3) is 0 Å². The summed E-state index contributed by atoms with van der Waals surface area (Å²) in [5.74, 6) is 0.372. The predicted octanol–water partition coefficient (Wildman–Crippen LogP) is 4.57. The molecule has 36 heavy (non-hydrogen) atoms. The maximum absolute atomic E-state index is 13.4. The van der Waals surface area contributed by atoms with Crippen LogP contribution in [0.2, 0.25) is 5.02 Å². The first kappa shape index (κ1) is 26.8. The van der Waals surface area contributed by atoms with Crippen molar-refractivity contribution in [1.29, 1.82) is 0 Å². The van der Waals surface area contributed by atoms with Crippen LogP contribution in [0.3, 0.4) is 0 Å². The standard InChI is InChI=1S/C26H26ClN3O5S/c1-4-15-35-24-14-11-20(16-25(24)34-3)17-28-29-26(31)18-30(23-8-6-5-7-22(23)27)36(32,33)21-12-9-19(2)10-13-21/h4-14,16-17H,1,15,18H2,2-3H3,(H,29,31)/b28-17-. The van der Waals surface area contributed by atoms with Crippen LogP contribution in [0, 0.1) is 6.92 Å². The molecule has 0 aliphatic rings. The Morgan fingerprint density at radius 1 is 1.11 bits per heavy atom. The summed E-state index contributed by atoms with van der Waals surface area (Å²) in [5.41, 5.74) is 4.08. The van der Waals surface area contributed by atoms with Gasteiger partial charge in [0.05, 0.1) is 28.9 Å². The Balaban J connectivity index is 1.80. The van der Waals surface area contributed by atoms with Crippen LogP contribution in [0.5, 0.6) is 11.5 Å². The van der Waals surface area contributed by atoms with Crippen LogP contribution >= 0.6 is 11.6 Å². The van der Waals surface area contributed by atoms with Gasteiger partial charge >= 0.3 is 0 Å². The minimum Gasteiger partial charge on any atom is -0.493 e. The fourth-order valence-corrected chi connectivity index (χ4v) is 4.90. The second kappa shape index (κ2) is 12.2. The van der Waals surface area contributed by atoms with E-state index in [2.05, 4.69) is 17.1 Å². The third-order valence-electron chi connectivity index (χ3n) is 4.96. The number of carbonyl (C=O) groups is 1. The molecule has 1 N–H and O–H groups in total. The number of aryl methyl sites for hydroxylation is 1. The van der Waals surface area contributed by atoms with Crippen LogP contribution < -0.4 is 19.2 Å². The third-order valence-corrected chi connectivity index (χ3v) is 7.06. The third kappa shape index (κ3) is 6.65. The first-order valence-electron chi connectivity index (χ1n) is 10.8. The average molecular weight is 528 g/mol. The second-order valence-corrected chi connectivity index (χ2v) is 9.85. The number of ether oxygens (including phenoxy) is 2. The lowest BCUT2D eigenvalue weighted by Gasteiger charge is -2.24. The van der Waals surface area contributed by atoms with Crippen molar-refractivity contribution < 1.29 is 22.7 Å². The Labute approximate surface area is 215 Å². The molecule has 0 aliphatic heterocycles. The molecule has 0 heterocycles. The van der Waals surface area contributed by atoms with Gasteiger partial charge in [0.2, 0.25) is 0 Å². The summed E-state index contributed by atoms with van der Waals surface area (Å²) >= 11 is 6.28. The van der Waals surface area contributed by atoms with E-state index in [-0.39, 0.29) is 15.6 Å². The molecule has 0 saturated heterocycles. The summed E-state index contributed by atoms with van der Waals surface area (Å²) in [6.07, 6.45) is 3.03. The fraction of sp³-hybridized carbons (Fsp3) is 0.154. The highest BCUT2D eigenvalue weighted by atomic mass is 35.5. The minimum atomic E-state index is -4.09. The van der Waals surface area contributed by atoms with Gasteiger partial charge in [0.25, 0.3) is 15.9 Å². The van der Waals surface area contributed by atoms with Gasteiger partial charge in [-0.05, 0) is 55.0 Å². The van der Waals surface area contributed by atoms with E-state index in [0.717, 1.165) is 9.87 Å². The number of rotatable bonds is 11. The predicted molar refractivity (Wildman–Crippen MR) is 142 cm³/mol. The molecule has 8 nitrogen and oxygen atoms in total. The van der Waals surface area contributed by atoms with Crippen molar-refractivity contribution in [3.63, 3.8) is 0 Å². The van der Waals surface area contributed by atoms with Gasteiger partial charge < -0.3 is 9.47 Å². The van der Waals surface area contributed by atoms with E-state index >= 15 is 0 Å². The number of sulfonamides is 1. The van der Waals surface area contributed by atoms with E-state index in [0.29, 0.717) is 23.7 Å². The summed E-state index contributed by atoms with van der Waals surface area (Å²) in [6, 6.07) is 17.9. The smallest absolute Gasteiger partial charge is 0.264 e. The molecule has 0 bridgehead atoms. The van der Waals surface area contributed by atoms with Crippen molar-refractivity contribution >= 4 is 39.4 Å². The maximum atomic E-state index is 13.4. The van der Waals surface area contributed by atoms with Gasteiger partial charge in [-0.3, -0.25) is 9.10 Å². The van der Waals surface area contributed by atoms with Crippen molar-refractivity contribution in [2.45, 2.75) is 11.8 Å². The summed E-state index contributed by atoms with van der Waals surface area (Å²) in [4.78, 5) is 12.8. The molecule has 0 aliphatic carbocycles. The lowest BCUT2D eigenvalue weighted by molar-refractivity contribution is -0.119. The monoisotopic (exact) mass is 527 g/mol. The number of amides is 1. The topological polar surface area (TPSA) is 97.3 Å². The Bertz CT molecular complexity index is 1360. The zero-order chi connectivity index (χ0) is 26.1. The normalized spacial score (nSPS) is 11.2. The van der Waals surface area contributed by atoms with Crippen molar-refractivity contribution in [3.05, 3.63) is 95.5 Å². The molecule has 10 heteroatoms. The Morgan fingerprint density at radius 2 is 1.83 bits per heavy atom. The van der Waals surface area contributed by atoms with Crippen LogP contribution in [0.4, 0.5) is 5.69 Å². The average Bonchev–Trinajstić information content (AvgIpc) is 2.87. The summed E-state index contributed by atoms with van der Waals surface area (Å²) < 4.78 is 38.6. The number of nitrogens with one attached hydrogen (secondary N) is 1. The van der Waals surface area contributed by atoms with Crippen molar-refractivity contribution in [1.82, 2.24) is 5.43 Å². The van der Waals surface area contributed by atoms with Gasteiger partial charge in [-0.2, -0.15) is 5.10 Å². The van der Waals surface area contributed by atoms with Crippen molar-refractivity contribution in [2.24, 2.45) is 5.10 Å². The van der Waals surface area contributed by atoms with Crippen molar-refractivity contribution in [2.75, 3.05) is 24.6 Å². The van der Waals surface area contributed by atoms with Crippen LogP contribution in [0.15, 0.2) is 89.4 Å². The molecule has 3 aromatic carbocycles. The first-order chi connectivity index (χ1) is 17.3. The van der Waals surface area contributed by atoms with Crippen LogP contribution in [0.1, 0.15) is 11.1 Å². The Hall–Kier alpha value is -3.82.